The van der Waals surface area contributed by atoms with Crippen LogP contribution in [0, 0.1) is 6.92 Å². The van der Waals surface area contributed by atoms with Crippen molar-refractivity contribution in [1.29, 1.82) is 0 Å². The largest absolute Gasteiger partial charge is 0.494 e. The van der Waals surface area contributed by atoms with Crippen LogP contribution < -0.4 is 19.5 Å². The third-order valence-electron chi connectivity index (χ3n) is 4.40. The Morgan fingerprint density at radius 2 is 1.86 bits per heavy atom. The van der Waals surface area contributed by atoms with E-state index in [9.17, 15) is 9.59 Å². The molecule has 0 aliphatic carbocycles. The number of ether oxygens (including phenoxy) is 4. The van der Waals surface area contributed by atoms with Crippen LogP contribution in [0.25, 0.3) is 0 Å². The van der Waals surface area contributed by atoms with E-state index in [4.69, 9.17) is 18.9 Å². The first-order valence-corrected chi connectivity index (χ1v) is 9.56. The number of fused-ring (bicyclic) bond motifs is 1. The lowest BCUT2D eigenvalue weighted by atomic mass is 10.2. The molecule has 2 aromatic rings. The van der Waals surface area contributed by atoms with Crippen LogP contribution >= 0.6 is 0 Å². The van der Waals surface area contributed by atoms with Crippen LogP contribution in [-0.2, 0) is 20.9 Å². The Labute approximate surface area is 169 Å². The van der Waals surface area contributed by atoms with E-state index in [-0.39, 0.29) is 19.1 Å². The maximum atomic E-state index is 12.2. The molecule has 0 spiro atoms. The zero-order valence-electron chi connectivity index (χ0n) is 16.6. The Morgan fingerprint density at radius 1 is 1.10 bits per heavy atom. The van der Waals surface area contributed by atoms with Gasteiger partial charge in [-0.3, -0.25) is 9.59 Å². The molecule has 0 unspecified atom stereocenters. The van der Waals surface area contributed by atoms with Crippen LogP contribution in [0.3, 0.4) is 0 Å². The minimum absolute atomic E-state index is 0.186. The number of nitrogens with one attached hydrogen (secondary N) is 1. The molecule has 0 saturated carbocycles. The van der Waals surface area contributed by atoms with Crippen molar-refractivity contribution >= 4 is 11.9 Å². The van der Waals surface area contributed by atoms with E-state index in [1.165, 1.54) is 0 Å². The number of carbonyl (C=O) groups excluding carboxylic acids is 2. The minimum Gasteiger partial charge on any atom is -0.494 e. The van der Waals surface area contributed by atoms with Crippen LogP contribution in [0.4, 0.5) is 0 Å². The molecule has 7 heteroatoms. The van der Waals surface area contributed by atoms with Crippen molar-refractivity contribution in [2.75, 3.05) is 13.4 Å². The second kappa shape index (κ2) is 9.82. The molecule has 0 saturated heterocycles. The Hall–Kier alpha value is -3.22. The summed E-state index contributed by atoms with van der Waals surface area (Å²) in [5.74, 6) is 1.33. The number of hydrogen-bond acceptors (Lipinski definition) is 6. The van der Waals surface area contributed by atoms with Gasteiger partial charge in [0.2, 0.25) is 6.79 Å². The van der Waals surface area contributed by atoms with E-state index in [1.54, 1.807) is 13.0 Å². The smallest absolute Gasteiger partial charge is 0.306 e. The summed E-state index contributed by atoms with van der Waals surface area (Å²) in [6, 6.07) is 13.2. The molecule has 154 valence electrons. The number of amides is 1. The highest BCUT2D eigenvalue weighted by Gasteiger charge is 2.18. The van der Waals surface area contributed by atoms with E-state index in [0.717, 1.165) is 16.9 Å². The summed E-state index contributed by atoms with van der Waals surface area (Å²) in [5.41, 5.74) is 2.03. The fraction of sp³-hybridized carbons (Fsp3) is 0.364. The van der Waals surface area contributed by atoms with Gasteiger partial charge in [0.1, 0.15) is 5.75 Å². The molecule has 1 aliphatic heterocycles. The Bertz CT molecular complexity index is 849. The normalized spacial score (nSPS) is 12.9. The average molecular weight is 399 g/mol. The Morgan fingerprint density at radius 3 is 2.66 bits per heavy atom. The summed E-state index contributed by atoms with van der Waals surface area (Å²) in [7, 11) is 0. The van der Waals surface area contributed by atoms with Gasteiger partial charge in [0, 0.05) is 13.0 Å². The Balaban J connectivity index is 1.33. The summed E-state index contributed by atoms with van der Waals surface area (Å²) in [4.78, 5) is 24.1. The van der Waals surface area contributed by atoms with Gasteiger partial charge in [-0.15, -0.1) is 0 Å². The van der Waals surface area contributed by atoms with Crippen molar-refractivity contribution in [3.8, 4) is 17.2 Å². The first-order valence-electron chi connectivity index (χ1n) is 9.56. The second-order valence-electron chi connectivity index (χ2n) is 6.80. The third-order valence-corrected chi connectivity index (χ3v) is 4.40. The number of benzene rings is 2. The van der Waals surface area contributed by atoms with Crippen LogP contribution in [0.5, 0.6) is 17.2 Å². The van der Waals surface area contributed by atoms with Gasteiger partial charge in [0.25, 0.3) is 5.91 Å². The molecule has 7 nitrogen and oxygen atoms in total. The standard InChI is InChI=1S/C22H25NO6/c1-15-5-8-18(9-6-15)26-11-3-4-21(24)29-16(2)22(25)23-13-17-7-10-19-20(12-17)28-14-27-19/h5-10,12,16H,3-4,11,13-14H2,1-2H3,(H,23,25)/t16-/m1/s1. The van der Waals surface area contributed by atoms with Gasteiger partial charge >= 0.3 is 5.97 Å². The molecular weight excluding hydrogens is 374 g/mol. The fourth-order valence-electron chi connectivity index (χ4n) is 2.73. The van der Waals surface area contributed by atoms with Crippen LogP contribution in [-0.4, -0.2) is 31.4 Å². The number of carbonyl (C=O) groups is 2. The highest BCUT2D eigenvalue weighted by molar-refractivity contribution is 5.83. The summed E-state index contributed by atoms with van der Waals surface area (Å²) in [6.45, 7) is 4.47. The van der Waals surface area contributed by atoms with Crippen molar-refractivity contribution in [2.45, 2.75) is 39.3 Å². The molecule has 0 radical (unpaired) electrons. The van der Waals surface area contributed by atoms with E-state index in [1.807, 2.05) is 43.3 Å². The van der Waals surface area contributed by atoms with Crippen molar-refractivity contribution in [3.05, 3.63) is 53.6 Å². The van der Waals surface area contributed by atoms with E-state index in [2.05, 4.69) is 5.32 Å². The van der Waals surface area contributed by atoms with Crippen molar-refractivity contribution in [3.63, 3.8) is 0 Å². The third kappa shape index (κ3) is 6.14. The molecule has 1 atom stereocenters. The number of rotatable bonds is 9. The maximum absolute atomic E-state index is 12.2. The fourth-order valence-corrected chi connectivity index (χ4v) is 2.73. The van der Waals surface area contributed by atoms with Gasteiger partial charge in [0.05, 0.1) is 6.61 Å². The van der Waals surface area contributed by atoms with Crippen molar-refractivity contribution < 1.29 is 28.5 Å². The summed E-state index contributed by atoms with van der Waals surface area (Å²) < 4.78 is 21.3. The van der Waals surface area contributed by atoms with Crippen molar-refractivity contribution in [2.24, 2.45) is 0 Å². The van der Waals surface area contributed by atoms with Gasteiger partial charge in [0.15, 0.2) is 17.6 Å². The molecule has 1 heterocycles. The minimum atomic E-state index is -0.866. The SMILES string of the molecule is Cc1ccc(OCCCC(=O)O[C@H](C)C(=O)NCc2ccc3c(c2)OCO3)cc1. The van der Waals surface area contributed by atoms with Gasteiger partial charge < -0.3 is 24.3 Å². The molecule has 29 heavy (non-hydrogen) atoms. The number of hydrogen-bond donors (Lipinski definition) is 1. The molecule has 3 rings (SSSR count). The number of esters is 1. The van der Waals surface area contributed by atoms with Crippen LogP contribution in [0.15, 0.2) is 42.5 Å². The molecule has 0 fully saturated rings. The lowest BCUT2D eigenvalue weighted by Crippen LogP contribution is -2.35. The van der Waals surface area contributed by atoms with E-state index < -0.39 is 12.1 Å². The zero-order valence-corrected chi connectivity index (χ0v) is 16.6. The molecule has 0 aromatic heterocycles. The van der Waals surface area contributed by atoms with Gasteiger partial charge in [-0.1, -0.05) is 23.8 Å². The van der Waals surface area contributed by atoms with Crippen molar-refractivity contribution in [1.82, 2.24) is 5.32 Å². The highest BCUT2D eigenvalue weighted by Crippen LogP contribution is 2.32. The lowest BCUT2D eigenvalue weighted by Gasteiger charge is -2.14. The number of aryl methyl sites for hydroxylation is 1. The van der Waals surface area contributed by atoms with Crippen LogP contribution in [0.2, 0.25) is 0 Å². The molecular formula is C22H25NO6. The monoisotopic (exact) mass is 399 g/mol. The Kier molecular flexibility index (Phi) is 6.94. The topological polar surface area (TPSA) is 83.1 Å². The summed E-state index contributed by atoms with van der Waals surface area (Å²) in [5, 5.41) is 2.75. The molecule has 1 amide bonds. The maximum Gasteiger partial charge on any atom is 0.306 e. The molecule has 1 aliphatic rings. The first kappa shape index (κ1) is 20.5. The summed E-state index contributed by atoms with van der Waals surface area (Å²) in [6.07, 6.45) is -0.168. The molecule has 2 aromatic carbocycles. The average Bonchev–Trinajstić information content (AvgIpc) is 3.18. The predicted molar refractivity (Wildman–Crippen MR) is 106 cm³/mol. The second-order valence-corrected chi connectivity index (χ2v) is 6.80. The van der Waals surface area contributed by atoms with Gasteiger partial charge in [-0.2, -0.15) is 0 Å². The van der Waals surface area contributed by atoms with E-state index in [0.29, 0.717) is 31.1 Å². The quantitative estimate of drug-likeness (QED) is 0.515. The zero-order chi connectivity index (χ0) is 20.6. The predicted octanol–water partition coefficient (Wildman–Crippen LogP) is 3.13. The van der Waals surface area contributed by atoms with E-state index >= 15 is 0 Å². The lowest BCUT2D eigenvalue weighted by molar-refractivity contribution is -0.155. The van der Waals surface area contributed by atoms with Gasteiger partial charge in [-0.25, -0.2) is 0 Å². The highest BCUT2D eigenvalue weighted by atomic mass is 16.7. The van der Waals surface area contributed by atoms with Gasteiger partial charge in [-0.05, 0) is 50.1 Å². The van der Waals surface area contributed by atoms with Crippen LogP contribution in [0.1, 0.15) is 30.9 Å². The summed E-state index contributed by atoms with van der Waals surface area (Å²) >= 11 is 0. The molecule has 0 bridgehead atoms. The molecule has 1 N–H and O–H groups in total. The first-order chi connectivity index (χ1) is 14.0.